The lowest BCUT2D eigenvalue weighted by Crippen LogP contribution is -2.36. The number of nitrogens with one attached hydrogen (secondary N) is 1. The molecule has 0 bridgehead atoms. The van der Waals surface area contributed by atoms with Gasteiger partial charge < -0.3 is 10.2 Å². The van der Waals surface area contributed by atoms with Gasteiger partial charge >= 0.3 is 0 Å². The van der Waals surface area contributed by atoms with Crippen molar-refractivity contribution in [2.75, 3.05) is 20.1 Å². The van der Waals surface area contributed by atoms with Crippen LogP contribution in [0.3, 0.4) is 0 Å². The fourth-order valence-electron chi connectivity index (χ4n) is 1.70. The molecule has 3 heteroatoms. The van der Waals surface area contributed by atoms with Gasteiger partial charge in [0.1, 0.15) is 5.82 Å². The molecule has 2 nitrogen and oxygen atoms in total. The molecule has 0 heterocycles. The first kappa shape index (κ1) is 14.1. The number of hydrogen-bond acceptors (Lipinski definition) is 2. The molecule has 0 saturated heterocycles. The molecule has 0 radical (unpaired) electrons. The Morgan fingerprint density at radius 2 is 2.12 bits per heavy atom. The van der Waals surface area contributed by atoms with E-state index in [1.54, 1.807) is 13.0 Å². The van der Waals surface area contributed by atoms with Crippen molar-refractivity contribution in [3.05, 3.63) is 35.1 Å². The highest BCUT2D eigenvalue weighted by Crippen LogP contribution is 2.09. The van der Waals surface area contributed by atoms with Crippen molar-refractivity contribution < 1.29 is 4.39 Å². The zero-order valence-electron chi connectivity index (χ0n) is 11.3. The van der Waals surface area contributed by atoms with E-state index in [9.17, 15) is 4.39 Å². The molecule has 1 N–H and O–H groups in total. The van der Waals surface area contributed by atoms with Gasteiger partial charge in [0.25, 0.3) is 0 Å². The van der Waals surface area contributed by atoms with E-state index in [2.05, 4.69) is 31.1 Å². The van der Waals surface area contributed by atoms with Gasteiger partial charge in [0.15, 0.2) is 0 Å². The van der Waals surface area contributed by atoms with E-state index in [0.717, 1.165) is 25.2 Å². The number of nitrogens with zero attached hydrogens (tertiary/aromatic N) is 1. The van der Waals surface area contributed by atoms with E-state index in [1.807, 2.05) is 12.1 Å². The molecular weight excluding hydrogens is 215 g/mol. The largest absolute Gasteiger partial charge is 0.309 e. The summed E-state index contributed by atoms with van der Waals surface area (Å²) in [6.07, 6.45) is 0. The van der Waals surface area contributed by atoms with E-state index >= 15 is 0 Å². The molecular formula is C14H23FN2. The summed E-state index contributed by atoms with van der Waals surface area (Å²) in [5, 5.41) is 3.40. The maximum atomic E-state index is 13.3. The molecule has 1 aromatic carbocycles. The monoisotopic (exact) mass is 238 g/mol. The molecule has 0 aliphatic rings. The van der Waals surface area contributed by atoms with E-state index in [0.29, 0.717) is 11.6 Å². The number of hydrogen-bond donors (Lipinski definition) is 1. The highest BCUT2D eigenvalue weighted by molar-refractivity contribution is 5.23. The van der Waals surface area contributed by atoms with Crippen molar-refractivity contribution in [3.8, 4) is 0 Å². The SMILES string of the molecule is CCN(C)CC(C)NCc1ccc(C)c(F)c1. The van der Waals surface area contributed by atoms with Gasteiger partial charge in [-0.05, 0) is 44.6 Å². The summed E-state index contributed by atoms with van der Waals surface area (Å²) in [6.45, 7) is 8.84. The first-order valence-corrected chi connectivity index (χ1v) is 6.20. The van der Waals surface area contributed by atoms with Gasteiger partial charge in [-0.1, -0.05) is 19.1 Å². The van der Waals surface area contributed by atoms with Crippen molar-refractivity contribution in [3.63, 3.8) is 0 Å². The molecule has 17 heavy (non-hydrogen) atoms. The van der Waals surface area contributed by atoms with Crippen molar-refractivity contribution in [1.29, 1.82) is 0 Å². The molecule has 0 fully saturated rings. The lowest BCUT2D eigenvalue weighted by molar-refractivity contribution is 0.309. The van der Waals surface area contributed by atoms with Gasteiger partial charge in [0.2, 0.25) is 0 Å². The Labute approximate surface area is 104 Å². The Bertz CT molecular complexity index is 352. The summed E-state index contributed by atoms with van der Waals surface area (Å²) in [4.78, 5) is 2.26. The standard InChI is InChI=1S/C14H23FN2/c1-5-17(4)10-12(3)16-9-13-7-6-11(2)14(15)8-13/h6-8,12,16H,5,9-10H2,1-4H3. The Balaban J connectivity index is 2.42. The number of likely N-dealkylation sites (N-methyl/N-ethyl adjacent to an activating group) is 1. The molecule has 96 valence electrons. The summed E-state index contributed by atoms with van der Waals surface area (Å²) >= 11 is 0. The number of halogens is 1. The smallest absolute Gasteiger partial charge is 0.126 e. The second kappa shape index (κ2) is 6.72. The second-order valence-electron chi connectivity index (χ2n) is 4.72. The Morgan fingerprint density at radius 1 is 1.41 bits per heavy atom. The molecule has 0 spiro atoms. The fourth-order valence-corrected chi connectivity index (χ4v) is 1.70. The Hall–Kier alpha value is -0.930. The van der Waals surface area contributed by atoms with Gasteiger partial charge in [-0.3, -0.25) is 0 Å². The Kier molecular flexibility index (Phi) is 5.59. The minimum absolute atomic E-state index is 0.123. The minimum atomic E-state index is -0.123. The van der Waals surface area contributed by atoms with Crippen LogP contribution < -0.4 is 5.32 Å². The quantitative estimate of drug-likeness (QED) is 0.819. The maximum Gasteiger partial charge on any atom is 0.126 e. The van der Waals surface area contributed by atoms with Crippen LogP contribution >= 0.6 is 0 Å². The Morgan fingerprint density at radius 3 is 2.71 bits per heavy atom. The first-order valence-electron chi connectivity index (χ1n) is 6.20. The molecule has 1 rings (SSSR count). The summed E-state index contributed by atoms with van der Waals surface area (Å²) in [5.74, 6) is -0.123. The van der Waals surface area contributed by atoms with Crippen LogP contribution in [0.4, 0.5) is 4.39 Å². The molecule has 1 aromatic rings. The van der Waals surface area contributed by atoms with Crippen molar-refractivity contribution in [2.24, 2.45) is 0 Å². The molecule has 0 amide bonds. The molecule has 0 saturated carbocycles. The van der Waals surface area contributed by atoms with Crippen LogP contribution in [0.5, 0.6) is 0 Å². The molecule has 1 unspecified atom stereocenters. The van der Waals surface area contributed by atoms with Gasteiger partial charge in [0.05, 0.1) is 0 Å². The topological polar surface area (TPSA) is 15.3 Å². The zero-order valence-corrected chi connectivity index (χ0v) is 11.3. The molecule has 0 aromatic heterocycles. The molecule has 1 atom stereocenters. The third-order valence-electron chi connectivity index (χ3n) is 3.02. The lowest BCUT2D eigenvalue weighted by atomic mass is 10.1. The van der Waals surface area contributed by atoms with Crippen LogP contribution in [0.25, 0.3) is 0 Å². The second-order valence-corrected chi connectivity index (χ2v) is 4.72. The van der Waals surface area contributed by atoms with Crippen LogP contribution in [0.1, 0.15) is 25.0 Å². The van der Waals surface area contributed by atoms with Crippen molar-refractivity contribution >= 4 is 0 Å². The van der Waals surface area contributed by atoms with Gasteiger partial charge in [0, 0.05) is 19.1 Å². The summed E-state index contributed by atoms with van der Waals surface area (Å²) in [7, 11) is 2.10. The predicted molar refractivity (Wildman–Crippen MR) is 70.6 cm³/mol. The van der Waals surface area contributed by atoms with Crippen LogP contribution in [0, 0.1) is 12.7 Å². The number of aryl methyl sites for hydroxylation is 1. The average molecular weight is 238 g/mol. The van der Waals surface area contributed by atoms with Gasteiger partial charge in [-0.2, -0.15) is 0 Å². The average Bonchev–Trinajstić information content (AvgIpc) is 2.30. The van der Waals surface area contributed by atoms with Gasteiger partial charge in [-0.15, -0.1) is 0 Å². The van der Waals surface area contributed by atoms with Crippen LogP contribution in [0.15, 0.2) is 18.2 Å². The van der Waals surface area contributed by atoms with Crippen LogP contribution in [0.2, 0.25) is 0 Å². The van der Waals surface area contributed by atoms with Crippen molar-refractivity contribution in [1.82, 2.24) is 10.2 Å². The van der Waals surface area contributed by atoms with Crippen LogP contribution in [-0.2, 0) is 6.54 Å². The molecule has 0 aliphatic heterocycles. The third kappa shape index (κ3) is 4.84. The van der Waals surface area contributed by atoms with Crippen LogP contribution in [-0.4, -0.2) is 31.1 Å². The van der Waals surface area contributed by atoms with E-state index in [1.165, 1.54) is 0 Å². The minimum Gasteiger partial charge on any atom is -0.309 e. The third-order valence-corrected chi connectivity index (χ3v) is 3.02. The van der Waals surface area contributed by atoms with E-state index in [4.69, 9.17) is 0 Å². The fraction of sp³-hybridized carbons (Fsp3) is 0.571. The first-order chi connectivity index (χ1) is 8.02. The number of rotatable bonds is 6. The maximum absolute atomic E-state index is 13.3. The van der Waals surface area contributed by atoms with Gasteiger partial charge in [-0.25, -0.2) is 4.39 Å². The normalized spacial score (nSPS) is 13.1. The lowest BCUT2D eigenvalue weighted by Gasteiger charge is -2.20. The predicted octanol–water partition coefficient (Wildman–Crippen LogP) is 2.56. The molecule has 0 aliphatic carbocycles. The number of benzene rings is 1. The summed E-state index contributed by atoms with van der Waals surface area (Å²) in [6, 6.07) is 5.82. The summed E-state index contributed by atoms with van der Waals surface area (Å²) < 4.78 is 13.3. The highest BCUT2D eigenvalue weighted by atomic mass is 19.1. The van der Waals surface area contributed by atoms with Crippen molar-refractivity contribution in [2.45, 2.75) is 33.4 Å². The van der Waals surface area contributed by atoms with E-state index < -0.39 is 0 Å². The van der Waals surface area contributed by atoms with E-state index in [-0.39, 0.29) is 5.82 Å². The summed E-state index contributed by atoms with van der Waals surface area (Å²) in [5.41, 5.74) is 1.70. The highest BCUT2D eigenvalue weighted by Gasteiger charge is 2.05. The zero-order chi connectivity index (χ0) is 12.8.